The predicted octanol–water partition coefficient (Wildman–Crippen LogP) is 7.52. The van der Waals surface area contributed by atoms with E-state index in [0.717, 1.165) is 38.5 Å². The Hall–Kier alpha value is -3.27. The van der Waals surface area contributed by atoms with Crippen molar-refractivity contribution in [3.63, 3.8) is 0 Å². The fraction of sp³-hybridized carbons (Fsp3) is 0.133. The first kappa shape index (κ1) is 24.4. The van der Waals surface area contributed by atoms with E-state index in [-0.39, 0.29) is 26.5 Å². The summed E-state index contributed by atoms with van der Waals surface area (Å²) in [6, 6.07) is 29.7. The third-order valence-corrected chi connectivity index (χ3v) is 6.58. The molecule has 6 rings (SSSR count). The van der Waals surface area contributed by atoms with Crippen molar-refractivity contribution in [1.29, 1.82) is 0 Å². The molecule has 0 atom stereocenters. The number of fused-ring (bicyclic) bond motifs is 4. The van der Waals surface area contributed by atoms with Gasteiger partial charge in [-0.1, -0.05) is 62.7 Å². The minimum Gasteiger partial charge on any atom is -0.778 e. The van der Waals surface area contributed by atoms with Crippen LogP contribution in [0.5, 0.6) is 11.6 Å². The number of pyridine rings is 2. The molecule has 6 aromatic rings. The molecule has 3 aromatic carbocycles. The number of hydrogen-bond donors (Lipinski definition) is 0. The Kier molecular flexibility index (Phi) is 6.32. The Morgan fingerprint density at radius 1 is 0.833 bits per heavy atom. The summed E-state index contributed by atoms with van der Waals surface area (Å²) in [5, 5.41) is 3.30. The Bertz CT molecular complexity index is 1720. The van der Waals surface area contributed by atoms with Crippen LogP contribution in [0, 0.1) is 6.07 Å². The molecule has 0 saturated carbocycles. The molecular weight excluding hydrogens is 645 g/mol. The zero-order valence-corrected chi connectivity index (χ0v) is 23.1. The van der Waals surface area contributed by atoms with Gasteiger partial charge in [0.15, 0.2) is 0 Å². The van der Waals surface area contributed by atoms with E-state index in [0.29, 0.717) is 16.5 Å². The molecule has 0 saturated heterocycles. The molecule has 0 amide bonds. The molecule has 0 aliphatic heterocycles. The first-order valence-corrected chi connectivity index (χ1v) is 12.0. The molecule has 0 spiro atoms. The van der Waals surface area contributed by atoms with Crippen LogP contribution in [0.1, 0.15) is 26.3 Å². The van der Waals surface area contributed by atoms with Gasteiger partial charge in [0.05, 0.1) is 5.52 Å². The zero-order chi connectivity index (χ0) is 24.2. The summed E-state index contributed by atoms with van der Waals surface area (Å²) in [6.45, 7) is 6.58. The normalized spacial score (nSPS) is 11.6. The quantitative estimate of drug-likeness (QED) is 0.145. The minimum absolute atomic E-state index is 0. The maximum atomic E-state index is 6.22. The third kappa shape index (κ3) is 4.17. The molecule has 0 N–H and O–H groups in total. The number of hydrogen-bond acceptors (Lipinski definition) is 4. The molecule has 0 aliphatic carbocycles. The summed E-state index contributed by atoms with van der Waals surface area (Å²) in [5.74, 6) is 1.91. The molecule has 3 aromatic heterocycles. The van der Waals surface area contributed by atoms with Crippen LogP contribution in [0.4, 0.5) is 0 Å². The topological polar surface area (TPSA) is 39.9 Å². The molecule has 180 valence electrons. The molecule has 0 unspecified atom stereocenters. The van der Waals surface area contributed by atoms with Crippen LogP contribution >= 0.6 is 0 Å². The van der Waals surface area contributed by atoms with Crippen LogP contribution in [0.15, 0.2) is 90.0 Å². The van der Waals surface area contributed by atoms with Crippen LogP contribution in [0.3, 0.4) is 0 Å². The summed E-state index contributed by atoms with van der Waals surface area (Å²) in [4.78, 5) is 10.1. The van der Waals surface area contributed by atoms with E-state index in [1.54, 1.807) is 6.20 Å². The SMILES string of the molecule is CC(C)(C)c1ccc([S-])c2nc(Oc3[c-]c4c(cc3)c3ccccc3n4-c3ccccn3)ccc12.[Pt+2]. The second-order valence-electron chi connectivity index (χ2n) is 9.63. The third-order valence-electron chi connectivity index (χ3n) is 6.25. The zero-order valence-electron chi connectivity index (χ0n) is 20.1. The number of nitrogens with zero attached hydrogens (tertiary/aromatic N) is 3. The van der Waals surface area contributed by atoms with Crippen molar-refractivity contribution in [1.82, 2.24) is 14.5 Å². The Morgan fingerprint density at radius 2 is 1.61 bits per heavy atom. The average Bonchev–Trinajstić information content (AvgIpc) is 3.18. The van der Waals surface area contributed by atoms with E-state index < -0.39 is 0 Å². The van der Waals surface area contributed by atoms with Gasteiger partial charge in [-0.05, 0) is 40.6 Å². The molecule has 36 heavy (non-hydrogen) atoms. The first-order chi connectivity index (χ1) is 16.9. The Morgan fingerprint density at radius 3 is 2.39 bits per heavy atom. The predicted molar refractivity (Wildman–Crippen MR) is 144 cm³/mol. The summed E-state index contributed by atoms with van der Waals surface area (Å²) in [7, 11) is 0. The molecule has 0 bridgehead atoms. The van der Waals surface area contributed by atoms with Gasteiger partial charge in [0.1, 0.15) is 5.82 Å². The van der Waals surface area contributed by atoms with Crippen molar-refractivity contribution < 1.29 is 25.8 Å². The van der Waals surface area contributed by atoms with E-state index in [4.69, 9.17) is 22.3 Å². The summed E-state index contributed by atoms with van der Waals surface area (Å²) in [6.07, 6.45) is 1.80. The van der Waals surface area contributed by atoms with E-state index >= 15 is 0 Å². The van der Waals surface area contributed by atoms with Gasteiger partial charge in [-0.3, -0.25) is 0 Å². The summed E-state index contributed by atoms with van der Waals surface area (Å²) >= 11 is 5.60. The maximum Gasteiger partial charge on any atom is 2.00 e. The molecule has 3 heterocycles. The molecule has 0 fully saturated rings. The monoisotopic (exact) mass is 668 g/mol. The van der Waals surface area contributed by atoms with Crippen molar-refractivity contribution in [2.45, 2.75) is 31.1 Å². The van der Waals surface area contributed by atoms with E-state index in [2.05, 4.69) is 66.7 Å². The Labute approximate surface area is 230 Å². The van der Waals surface area contributed by atoms with Crippen molar-refractivity contribution in [2.24, 2.45) is 0 Å². The number of benzene rings is 3. The summed E-state index contributed by atoms with van der Waals surface area (Å²) < 4.78 is 8.33. The fourth-order valence-electron chi connectivity index (χ4n) is 4.66. The van der Waals surface area contributed by atoms with Gasteiger partial charge in [-0.25, -0.2) is 9.97 Å². The van der Waals surface area contributed by atoms with E-state index in [1.807, 2.05) is 48.5 Å². The van der Waals surface area contributed by atoms with Crippen LogP contribution < -0.4 is 4.74 Å². The van der Waals surface area contributed by atoms with E-state index in [1.165, 1.54) is 5.56 Å². The van der Waals surface area contributed by atoms with Gasteiger partial charge in [0.25, 0.3) is 0 Å². The van der Waals surface area contributed by atoms with Crippen LogP contribution in [-0.4, -0.2) is 14.5 Å². The van der Waals surface area contributed by atoms with Gasteiger partial charge >= 0.3 is 21.1 Å². The van der Waals surface area contributed by atoms with Crippen molar-refractivity contribution >= 4 is 45.3 Å². The van der Waals surface area contributed by atoms with Crippen molar-refractivity contribution in [2.75, 3.05) is 0 Å². The van der Waals surface area contributed by atoms with Crippen LogP contribution in [0.2, 0.25) is 0 Å². The maximum absolute atomic E-state index is 6.22. The number of para-hydroxylation sites is 1. The smallest absolute Gasteiger partial charge is 0.778 e. The fourth-order valence-corrected chi connectivity index (χ4v) is 4.88. The largest absolute Gasteiger partial charge is 2.00 e. The summed E-state index contributed by atoms with van der Waals surface area (Å²) in [5.41, 5.74) is 3.97. The second kappa shape index (κ2) is 9.31. The van der Waals surface area contributed by atoms with Crippen molar-refractivity contribution in [3.05, 3.63) is 96.7 Å². The second-order valence-corrected chi connectivity index (χ2v) is 10.1. The molecule has 0 aliphatic rings. The number of ether oxygens (including phenoxy) is 1. The average molecular weight is 669 g/mol. The van der Waals surface area contributed by atoms with E-state index in [9.17, 15) is 0 Å². The molecule has 6 heteroatoms. The van der Waals surface area contributed by atoms with Gasteiger partial charge in [0.2, 0.25) is 5.88 Å². The minimum atomic E-state index is -0.0109. The first-order valence-electron chi connectivity index (χ1n) is 11.6. The standard InChI is InChI=1S/C30H24N3OS.Pt/c1-30(2,3)23-14-15-26(35)29-22(23)13-16-28(32-29)34-19-11-12-21-20-8-4-5-9-24(20)33(25(21)18-19)27-10-6-7-17-31-27;/h4-17,35H,1-3H3;/q-1;+2/p-1. The number of rotatable bonds is 3. The molecule has 4 nitrogen and oxygen atoms in total. The van der Waals surface area contributed by atoms with Gasteiger partial charge in [0, 0.05) is 28.9 Å². The van der Waals surface area contributed by atoms with Crippen LogP contribution in [-0.2, 0) is 39.1 Å². The number of aromatic nitrogens is 3. The molecule has 0 radical (unpaired) electrons. The van der Waals surface area contributed by atoms with Crippen molar-refractivity contribution in [3.8, 4) is 17.4 Å². The van der Waals surface area contributed by atoms with Gasteiger partial charge in [-0.15, -0.1) is 22.4 Å². The molecular formula is C30H23N3OPtS. The van der Waals surface area contributed by atoms with Crippen LogP contribution in [0.25, 0.3) is 38.5 Å². The van der Waals surface area contributed by atoms with Gasteiger partial charge in [-0.2, -0.15) is 6.07 Å². The Balaban J connectivity index is 0.00000267. The van der Waals surface area contributed by atoms with Gasteiger partial charge < -0.3 is 21.9 Å².